The third-order valence-electron chi connectivity index (χ3n) is 3.03. The second-order valence-corrected chi connectivity index (χ2v) is 4.51. The molecule has 0 bridgehead atoms. The van der Waals surface area contributed by atoms with Crippen LogP contribution in [-0.2, 0) is 11.3 Å². The summed E-state index contributed by atoms with van der Waals surface area (Å²) in [6, 6.07) is 8.51. The number of hydrogen-bond donors (Lipinski definition) is 1. The minimum atomic E-state index is -0.409. The van der Waals surface area contributed by atoms with E-state index in [9.17, 15) is 9.59 Å². The summed E-state index contributed by atoms with van der Waals surface area (Å²) >= 11 is 0. The molecular formula is C14H13N5O3. The predicted molar refractivity (Wildman–Crippen MR) is 78.9 cm³/mol. The molecule has 112 valence electrons. The lowest BCUT2D eigenvalue weighted by Gasteiger charge is -2.05. The smallest absolute Gasteiger partial charge is 0.352 e. The van der Waals surface area contributed by atoms with Gasteiger partial charge in [0.05, 0.1) is 7.11 Å². The SMILES string of the molecule is COc1ccc(NC(=O)Cn2nc3ncccn3c2=O)cc1. The maximum Gasteiger partial charge on any atom is 0.352 e. The summed E-state index contributed by atoms with van der Waals surface area (Å²) in [4.78, 5) is 28.0. The second kappa shape index (κ2) is 5.68. The third kappa shape index (κ3) is 2.66. The third-order valence-corrected chi connectivity index (χ3v) is 3.03. The zero-order valence-electron chi connectivity index (χ0n) is 11.8. The van der Waals surface area contributed by atoms with Crippen LogP contribution in [0.15, 0.2) is 47.5 Å². The number of nitrogens with one attached hydrogen (secondary N) is 1. The van der Waals surface area contributed by atoms with E-state index in [1.165, 1.54) is 10.6 Å². The molecule has 0 atom stereocenters. The van der Waals surface area contributed by atoms with E-state index in [1.54, 1.807) is 43.6 Å². The van der Waals surface area contributed by atoms with Crippen molar-refractivity contribution in [2.24, 2.45) is 0 Å². The molecule has 3 aromatic rings. The Morgan fingerprint density at radius 1 is 1.32 bits per heavy atom. The number of aromatic nitrogens is 4. The molecule has 1 N–H and O–H groups in total. The van der Waals surface area contributed by atoms with E-state index >= 15 is 0 Å². The summed E-state index contributed by atoms with van der Waals surface area (Å²) < 4.78 is 7.39. The van der Waals surface area contributed by atoms with Crippen molar-refractivity contribution >= 4 is 17.4 Å². The number of fused-ring (bicyclic) bond motifs is 1. The van der Waals surface area contributed by atoms with Crippen molar-refractivity contribution in [3.05, 3.63) is 53.2 Å². The van der Waals surface area contributed by atoms with Crippen molar-refractivity contribution in [2.75, 3.05) is 12.4 Å². The van der Waals surface area contributed by atoms with E-state index in [0.29, 0.717) is 11.4 Å². The van der Waals surface area contributed by atoms with Gasteiger partial charge in [0.1, 0.15) is 12.3 Å². The summed E-state index contributed by atoms with van der Waals surface area (Å²) in [6.45, 7) is -0.186. The van der Waals surface area contributed by atoms with Gasteiger partial charge in [-0.2, -0.15) is 0 Å². The number of ether oxygens (including phenoxy) is 1. The quantitative estimate of drug-likeness (QED) is 0.759. The van der Waals surface area contributed by atoms with Gasteiger partial charge < -0.3 is 10.1 Å². The van der Waals surface area contributed by atoms with Crippen LogP contribution in [0.4, 0.5) is 5.69 Å². The Kier molecular flexibility index (Phi) is 3.57. The molecule has 0 radical (unpaired) electrons. The molecule has 1 amide bonds. The van der Waals surface area contributed by atoms with Crippen LogP contribution >= 0.6 is 0 Å². The predicted octanol–water partition coefficient (Wildman–Crippen LogP) is 0.538. The topological polar surface area (TPSA) is 90.5 Å². The first kappa shape index (κ1) is 13.8. The van der Waals surface area contributed by atoms with E-state index in [-0.39, 0.29) is 18.2 Å². The number of rotatable bonds is 4. The van der Waals surface area contributed by atoms with Gasteiger partial charge in [-0.1, -0.05) is 0 Å². The first-order chi connectivity index (χ1) is 10.7. The molecule has 8 nitrogen and oxygen atoms in total. The van der Waals surface area contributed by atoms with Gasteiger partial charge in [0.15, 0.2) is 0 Å². The number of methoxy groups -OCH3 is 1. The molecular weight excluding hydrogens is 286 g/mol. The minimum absolute atomic E-state index is 0.186. The van der Waals surface area contributed by atoms with Crippen LogP contribution < -0.4 is 15.7 Å². The minimum Gasteiger partial charge on any atom is -0.497 e. The number of nitrogens with zero attached hydrogens (tertiary/aromatic N) is 4. The standard InChI is InChI=1S/C14H13N5O3/c1-22-11-5-3-10(4-6-11)16-12(20)9-19-14(21)18-8-2-7-15-13(18)17-19/h2-8H,9H2,1H3,(H,16,20). The van der Waals surface area contributed by atoms with E-state index < -0.39 is 5.69 Å². The first-order valence-corrected chi connectivity index (χ1v) is 6.51. The number of carbonyl (C=O) groups is 1. The van der Waals surface area contributed by atoms with Crippen LogP contribution in [0.3, 0.4) is 0 Å². The lowest BCUT2D eigenvalue weighted by atomic mass is 10.3. The van der Waals surface area contributed by atoms with Gasteiger partial charge in [-0.25, -0.2) is 18.9 Å². The Bertz CT molecular complexity index is 866. The summed E-state index contributed by atoms with van der Waals surface area (Å²) in [6.07, 6.45) is 3.08. The van der Waals surface area contributed by atoms with E-state index in [1.807, 2.05) is 0 Å². The lowest BCUT2D eigenvalue weighted by Crippen LogP contribution is -2.28. The highest BCUT2D eigenvalue weighted by Crippen LogP contribution is 2.14. The van der Waals surface area contributed by atoms with Crippen LogP contribution in [0, 0.1) is 0 Å². The summed E-state index contributed by atoms with van der Waals surface area (Å²) in [5.41, 5.74) is 0.203. The number of amides is 1. The van der Waals surface area contributed by atoms with Gasteiger partial charge in [0.25, 0.3) is 5.78 Å². The van der Waals surface area contributed by atoms with Gasteiger partial charge >= 0.3 is 5.69 Å². The summed E-state index contributed by atoms with van der Waals surface area (Å²) in [7, 11) is 1.57. The molecule has 0 fully saturated rings. The van der Waals surface area contributed by atoms with Gasteiger partial charge in [-0.15, -0.1) is 5.10 Å². The molecule has 0 saturated carbocycles. The fourth-order valence-corrected chi connectivity index (χ4v) is 1.98. The van der Waals surface area contributed by atoms with Gasteiger partial charge in [-0.3, -0.25) is 4.79 Å². The fraction of sp³-hybridized carbons (Fsp3) is 0.143. The Morgan fingerprint density at radius 3 is 2.77 bits per heavy atom. The molecule has 3 rings (SSSR count). The highest BCUT2D eigenvalue weighted by molar-refractivity contribution is 5.90. The normalized spacial score (nSPS) is 10.6. The zero-order valence-corrected chi connectivity index (χ0v) is 11.8. The van der Waals surface area contributed by atoms with Crippen LogP contribution in [-0.4, -0.2) is 32.2 Å². The number of benzene rings is 1. The average Bonchev–Trinajstić information content (AvgIpc) is 2.84. The summed E-state index contributed by atoms with van der Waals surface area (Å²) in [5, 5.41) is 6.69. The van der Waals surface area contributed by atoms with Crippen molar-refractivity contribution in [3.63, 3.8) is 0 Å². The number of anilines is 1. The Labute approximate surface area is 125 Å². The van der Waals surface area contributed by atoms with E-state index in [4.69, 9.17) is 4.74 Å². The van der Waals surface area contributed by atoms with Crippen LogP contribution in [0.25, 0.3) is 5.78 Å². The Morgan fingerprint density at radius 2 is 2.09 bits per heavy atom. The van der Waals surface area contributed by atoms with E-state index in [0.717, 1.165) is 4.68 Å². The van der Waals surface area contributed by atoms with Crippen LogP contribution in [0.1, 0.15) is 0 Å². The molecule has 1 aromatic carbocycles. The largest absolute Gasteiger partial charge is 0.497 e. The number of carbonyl (C=O) groups excluding carboxylic acids is 1. The molecule has 0 unspecified atom stereocenters. The van der Waals surface area contributed by atoms with Crippen molar-refractivity contribution in [2.45, 2.75) is 6.54 Å². The van der Waals surface area contributed by atoms with Crippen molar-refractivity contribution in [1.29, 1.82) is 0 Å². The monoisotopic (exact) mass is 299 g/mol. The van der Waals surface area contributed by atoms with E-state index in [2.05, 4.69) is 15.4 Å². The lowest BCUT2D eigenvalue weighted by molar-refractivity contribution is -0.117. The molecule has 0 aliphatic rings. The van der Waals surface area contributed by atoms with Crippen molar-refractivity contribution < 1.29 is 9.53 Å². The van der Waals surface area contributed by atoms with Gasteiger partial charge in [0, 0.05) is 18.1 Å². The first-order valence-electron chi connectivity index (χ1n) is 6.51. The molecule has 22 heavy (non-hydrogen) atoms. The fourth-order valence-electron chi connectivity index (χ4n) is 1.98. The maximum absolute atomic E-state index is 12.0. The molecule has 0 aliphatic heterocycles. The van der Waals surface area contributed by atoms with Crippen LogP contribution in [0.5, 0.6) is 5.75 Å². The maximum atomic E-state index is 12.0. The molecule has 0 saturated heterocycles. The average molecular weight is 299 g/mol. The highest BCUT2D eigenvalue weighted by atomic mass is 16.5. The molecule has 8 heteroatoms. The molecule has 0 aliphatic carbocycles. The molecule has 0 spiro atoms. The summed E-state index contributed by atoms with van der Waals surface area (Å²) in [5.74, 6) is 0.598. The second-order valence-electron chi connectivity index (χ2n) is 4.51. The number of hydrogen-bond acceptors (Lipinski definition) is 5. The zero-order chi connectivity index (χ0) is 15.5. The van der Waals surface area contributed by atoms with Crippen molar-refractivity contribution in [1.82, 2.24) is 19.2 Å². The van der Waals surface area contributed by atoms with Crippen molar-refractivity contribution in [3.8, 4) is 5.75 Å². The van der Waals surface area contributed by atoms with Gasteiger partial charge in [0.2, 0.25) is 5.91 Å². The van der Waals surface area contributed by atoms with Gasteiger partial charge in [-0.05, 0) is 30.3 Å². The molecule has 2 aromatic heterocycles. The Hall–Kier alpha value is -3.16. The highest BCUT2D eigenvalue weighted by Gasteiger charge is 2.11. The Balaban J connectivity index is 1.75. The molecule has 2 heterocycles. The van der Waals surface area contributed by atoms with Crippen LogP contribution in [0.2, 0.25) is 0 Å².